The third kappa shape index (κ3) is 8.67. The van der Waals surface area contributed by atoms with Crippen LogP contribution in [-0.2, 0) is 20.0 Å². The summed E-state index contributed by atoms with van der Waals surface area (Å²) in [6.07, 6.45) is 0. The van der Waals surface area contributed by atoms with E-state index >= 15 is 0 Å². The maximum absolute atomic E-state index is 13.2. The van der Waals surface area contributed by atoms with Gasteiger partial charge >= 0.3 is 0 Å². The van der Waals surface area contributed by atoms with Crippen LogP contribution in [0.4, 0.5) is 31.5 Å². The quantitative estimate of drug-likeness (QED) is 0.107. The Labute approximate surface area is 298 Å². The predicted molar refractivity (Wildman–Crippen MR) is 195 cm³/mol. The normalized spacial score (nSPS) is 11.3. The number of hydrogen-bond donors (Lipinski definition) is 4. The molecule has 6 aromatic carbocycles. The van der Waals surface area contributed by atoms with Gasteiger partial charge in [0.1, 0.15) is 11.6 Å². The Morgan fingerprint density at radius 1 is 0.423 bits per heavy atom. The van der Waals surface area contributed by atoms with Gasteiger partial charge in [0.15, 0.2) is 0 Å². The summed E-state index contributed by atoms with van der Waals surface area (Å²) >= 11 is 0. The second-order valence-electron chi connectivity index (χ2n) is 11.3. The van der Waals surface area contributed by atoms with Crippen molar-refractivity contribution in [2.75, 3.05) is 20.1 Å². The number of anilines is 4. The number of benzene rings is 6. The molecule has 0 aromatic heterocycles. The lowest BCUT2D eigenvalue weighted by atomic mass is 10.0. The molecule has 0 aliphatic carbocycles. The van der Waals surface area contributed by atoms with Gasteiger partial charge in [-0.25, -0.2) is 25.6 Å². The van der Waals surface area contributed by atoms with Crippen LogP contribution < -0.4 is 20.1 Å². The molecule has 14 heteroatoms. The summed E-state index contributed by atoms with van der Waals surface area (Å²) < 4.78 is 81.9. The lowest BCUT2D eigenvalue weighted by Gasteiger charge is -2.11. The van der Waals surface area contributed by atoms with Crippen molar-refractivity contribution in [3.63, 3.8) is 0 Å². The van der Waals surface area contributed by atoms with Crippen molar-refractivity contribution in [1.82, 2.24) is 0 Å². The van der Waals surface area contributed by atoms with Crippen LogP contribution in [0.25, 0.3) is 11.1 Å². The van der Waals surface area contributed by atoms with Crippen LogP contribution in [0.15, 0.2) is 155 Å². The van der Waals surface area contributed by atoms with E-state index in [0.717, 1.165) is 59.7 Å². The van der Waals surface area contributed by atoms with Gasteiger partial charge in [-0.1, -0.05) is 36.4 Å². The van der Waals surface area contributed by atoms with Crippen molar-refractivity contribution in [1.29, 1.82) is 0 Å². The number of rotatable bonds is 11. The summed E-state index contributed by atoms with van der Waals surface area (Å²) in [6, 6.07) is 34.7. The summed E-state index contributed by atoms with van der Waals surface area (Å²) in [5, 5.41) is 5.56. The first-order valence-corrected chi connectivity index (χ1v) is 18.4. The maximum Gasteiger partial charge on any atom is 0.261 e. The number of carbonyl (C=O) groups is 2. The van der Waals surface area contributed by atoms with Gasteiger partial charge in [-0.2, -0.15) is 0 Å². The zero-order valence-electron chi connectivity index (χ0n) is 26.9. The first kappa shape index (κ1) is 35.4. The van der Waals surface area contributed by atoms with E-state index in [1.165, 1.54) is 48.5 Å². The average molecular weight is 739 g/mol. The van der Waals surface area contributed by atoms with Gasteiger partial charge in [-0.3, -0.25) is 19.0 Å². The first-order valence-electron chi connectivity index (χ1n) is 15.4. The van der Waals surface area contributed by atoms with Crippen LogP contribution in [0.5, 0.6) is 0 Å². The van der Waals surface area contributed by atoms with Gasteiger partial charge in [-0.05, 0) is 120 Å². The van der Waals surface area contributed by atoms with Gasteiger partial charge in [0.05, 0.1) is 9.79 Å². The maximum atomic E-state index is 13.2. The molecule has 0 atom stereocenters. The van der Waals surface area contributed by atoms with Gasteiger partial charge in [0, 0.05) is 33.9 Å². The summed E-state index contributed by atoms with van der Waals surface area (Å²) in [4.78, 5) is 25.7. The summed E-state index contributed by atoms with van der Waals surface area (Å²) in [7, 11) is -8.00. The Morgan fingerprint density at radius 3 is 1.12 bits per heavy atom. The predicted octanol–water partition coefficient (Wildman–Crippen LogP) is 7.74. The van der Waals surface area contributed by atoms with E-state index in [-0.39, 0.29) is 32.3 Å². The van der Waals surface area contributed by atoms with Crippen molar-refractivity contribution < 1.29 is 35.2 Å². The molecule has 262 valence electrons. The SMILES string of the molecule is O=C(Nc1ccc(-c2ccc(NC(=O)c3cccc(NS(=O)(=O)c4ccc(F)cc4)c3)cc2)cc1)c1cccc(NS(=O)(=O)c2ccc(F)cc2)c1. The standard InChI is InChI=1S/C38H28F2N4O6S2/c39-29-11-19-35(20-12-29)51(47,48)43-33-5-1-3-27(23-33)37(45)41-31-15-7-25(8-16-31)26-9-17-32(18-10-26)42-38(46)28-4-2-6-34(24-28)44-52(49,50)36-21-13-30(40)14-22-36/h1-24,43-44H,(H,41,45)(H,42,46). The minimum atomic E-state index is -4.00. The second-order valence-corrected chi connectivity index (χ2v) is 14.7. The van der Waals surface area contributed by atoms with Crippen LogP contribution >= 0.6 is 0 Å². The van der Waals surface area contributed by atoms with Crippen LogP contribution in [0, 0.1) is 11.6 Å². The van der Waals surface area contributed by atoms with Crippen LogP contribution in [0.2, 0.25) is 0 Å². The second kappa shape index (κ2) is 14.8. The number of hydrogen-bond acceptors (Lipinski definition) is 6. The van der Waals surface area contributed by atoms with Crippen LogP contribution in [0.3, 0.4) is 0 Å². The van der Waals surface area contributed by atoms with Crippen molar-refractivity contribution in [3.8, 4) is 11.1 Å². The molecule has 0 heterocycles. The Hall–Kier alpha value is -6.38. The molecule has 0 aliphatic heterocycles. The number of amides is 2. The Balaban J connectivity index is 1.05. The van der Waals surface area contributed by atoms with E-state index < -0.39 is 43.5 Å². The molecule has 2 amide bonds. The highest BCUT2D eigenvalue weighted by Crippen LogP contribution is 2.25. The van der Waals surface area contributed by atoms with E-state index in [0.29, 0.717) is 11.4 Å². The molecular weight excluding hydrogens is 711 g/mol. The minimum Gasteiger partial charge on any atom is -0.322 e. The van der Waals surface area contributed by atoms with Crippen molar-refractivity contribution in [2.24, 2.45) is 0 Å². The van der Waals surface area contributed by atoms with Crippen molar-refractivity contribution in [3.05, 3.63) is 168 Å². The van der Waals surface area contributed by atoms with Crippen molar-refractivity contribution >= 4 is 54.6 Å². The summed E-state index contributed by atoms with van der Waals surface area (Å²) in [5.74, 6) is -2.06. The fourth-order valence-corrected chi connectivity index (χ4v) is 7.10. The number of sulfonamides is 2. The molecule has 6 rings (SSSR count). The molecule has 0 saturated carbocycles. The van der Waals surface area contributed by atoms with E-state index in [4.69, 9.17) is 0 Å². The van der Waals surface area contributed by atoms with E-state index in [2.05, 4.69) is 20.1 Å². The molecule has 0 radical (unpaired) electrons. The van der Waals surface area contributed by atoms with Gasteiger partial charge in [0.2, 0.25) is 0 Å². The number of nitrogens with one attached hydrogen (secondary N) is 4. The molecular formula is C38H28F2N4O6S2. The van der Waals surface area contributed by atoms with Gasteiger partial charge in [-0.15, -0.1) is 0 Å². The van der Waals surface area contributed by atoms with E-state index in [9.17, 15) is 35.2 Å². The molecule has 0 aliphatic rings. The fourth-order valence-electron chi connectivity index (χ4n) is 5.00. The van der Waals surface area contributed by atoms with E-state index in [1.54, 1.807) is 48.5 Å². The molecule has 4 N–H and O–H groups in total. The zero-order chi connectivity index (χ0) is 36.9. The van der Waals surface area contributed by atoms with Crippen LogP contribution in [-0.4, -0.2) is 28.6 Å². The fraction of sp³-hybridized carbons (Fsp3) is 0. The summed E-state index contributed by atoms with van der Waals surface area (Å²) in [6.45, 7) is 0. The third-order valence-corrected chi connectivity index (χ3v) is 10.4. The molecule has 0 spiro atoms. The lowest BCUT2D eigenvalue weighted by molar-refractivity contribution is 0.101. The Bertz CT molecular complexity index is 2300. The highest BCUT2D eigenvalue weighted by atomic mass is 32.2. The highest BCUT2D eigenvalue weighted by Gasteiger charge is 2.17. The smallest absolute Gasteiger partial charge is 0.261 e. The molecule has 0 unspecified atom stereocenters. The number of carbonyl (C=O) groups excluding carboxylic acids is 2. The van der Waals surface area contributed by atoms with Crippen LogP contribution in [0.1, 0.15) is 20.7 Å². The molecule has 6 aromatic rings. The first-order chi connectivity index (χ1) is 24.8. The Morgan fingerprint density at radius 2 is 0.769 bits per heavy atom. The van der Waals surface area contributed by atoms with Gasteiger partial charge in [0.25, 0.3) is 31.9 Å². The highest BCUT2D eigenvalue weighted by molar-refractivity contribution is 7.93. The average Bonchev–Trinajstić information content (AvgIpc) is 3.12. The molecule has 0 saturated heterocycles. The molecule has 0 bridgehead atoms. The largest absolute Gasteiger partial charge is 0.322 e. The Kier molecular flexibility index (Phi) is 10.1. The minimum absolute atomic E-state index is 0.125. The van der Waals surface area contributed by atoms with E-state index in [1.807, 2.05) is 0 Å². The van der Waals surface area contributed by atoms with Crippen molar-refractivity contribution in [2.45, 2.75) is 9.79 Å². The molecule has 0 fully saturated rings. The lowest BCUT2D eigenvalue weighted by Crippen LogP contribution is -2.15. The number of halogens is 2. The zero-order valence-corrected chi connectivity index (χ0v) is 28.5. The molecule has 52 heavy (non-hydrogen) atoms. The topological polar surface area (TPSA) is 151 Å². The molecule has 10 nitrogen and oxygen atoms in total. The van der Waals surface area contributed by atoms with Gasteiger partial charge < -0.3 is 10.6 Å². The third-order valence-electron chi connectivity index (χ3n) is 7.62. The summed E-state index contributed by atoms with van der Waals surface area (Å²) in [5.41, 5.74) is 3.38. The monoisotopic (exact) mass is 738 g/mol.